The Morgan fingerprint density at radius 3 is 1.83 bits per heavy atom. The molecule has 0 aromatic heterocycles. The molecule has 0 spiro atoms. The zero-order chi connectivity index (χ0) is 5.21. The van der Waals surface area contributed by atoms with E-state index in [0.717, 1.165) is 0 Å². The van der Waals surface area contributed by atoms with Gasteiger partial charge in [-0.05, 0) is 0 Å². The van der Waals surface area contributed by atoms with Crippen molar-refractivity contribution in [3.8, 4) is 0 Å². The van der Waals surface area contributed by atoms with E-state index in [1.165, 1.54) is 0 Å². The summed E-state index contributed by atoms with van der Waals surface area (Å²) in [6.45, 7) is 0. The Balaban J connectivity index is 3.85. The van der Waals surface area contributed by atoms with E-state index in [1.54, 1.807) is 0 Å². The quantitative estimate of drug-likeness (QED) is 0.347. The van der Waals surface area contributed by atoms with Crippen LogP contribution in [0, 0.1) is 0 Å². The minimum atomic E-state index is -5.00. The molecule has 3 N–H and O–H groups in total. The summed E-state index contributed by atoms with van der Waals surface area (Å²) in [4.78, 5) is 0. The van der Waals surface area contributed by atoms with Crippen LogP contribution in [0.1, 0.15) is 0 Å². The van der Waals surface area contributed by atoms with Gasteiger partial charge in [0.1, 0.15) is 0 Å². The van der Waals surface area contributed by atoms with E-state index in [1.807, 2.05) is 0 Å². The summed E-state index contributed by atoms with van der Waals surface area (Å²) in [5.41, 5.74) is 0. The Hall–Kier alpha value is -0.000519. The molecule has 0 aliphatic heterocycles. The second-order valence-electron chi connectivity index (χ2n) is 0.524. The van der Waals surface area contributed by atoms with Crippen LogP contribution >= 0.6 is 0 Å². The van der Waals surface area contributed by atoms with Crippen molar-refractivity contribution in [2.24, 2.45) is 5.90 Å². The van der Waals surface area contributed by atoms with Gasteiger partial charge in [0, 0.05) is 0 Å². The molecule has 0 fully saturated rings. The van der Waals surface area contributed by atoms with Gasteiger partial charge in [0.15, 0.2) is 0 Å². The molecule has 0 aliphatic rings. The summed E-state index contributed by atoms with van der Waals surface area (Å²) >= 11 is -5.00. The fourth-order valence-corrected chi connectivity index (χ4v) is 0. The Morgan fingerprint density at radius 2 is 1.83 bits per heavy atom. The predicted octanol–water partition coefficient (Wildman–Crippen LogP) is -1.83. The molecule has 0 amide bonds. The second kappa shape index (κ2) is 1.63. The Morgan fingerprint density at radius 1 is 1.67 bits per heavy atom. The standard InChI is InChI=1S/H3NO4Se/c1-5-6(2,3)4/h1H2,(H,2,3,4). The molecule has 0 saturated carbocycles. The first-order chi connectivity index (χ1) is 2.56. The zero-order valence-electron chi connectivity index (χ0n) is 2.66. The van der Waals surface area contributed by atoms with Gasteiger partial charge in [-0.3, -0.25) is 0 Å². The Bertz CT molecular complexity index is 110. The van der Waals surface area contributed by atoms with Gasteiger partial charge < -0.3 is 0 Å². The van der Waals surface area contributed by atoms with Gasteiger partial charge in [-0.15, -0.1) is 0 Å². The molecule has 0 saturated heterocycles. The van der Waals surface area contributed by atoms with E-state index in [2.05, 4.69) is 9.82 Å². The molecule has 0 aromatic rings. The van der Waals surface area contributed by atoms with Crippen LogP contribution in [0.3, 0.4) is 0 Å². The third kappa shape index (κ3) is 4.00. The van der Waals surface area contributed by atoms with Crippen molar-refractivity contribution in [2.75, 3.05) is 0 Å². The molecule has 0 radical (unpaired) electrons. The van der Waals surface area contributed by atoms with E-state index in [9.17, 15) is 7.67 Å². The van der Waals surface area contributed by atoms with Crippen molar-refractivity contribution in [3.63, 3.8) is 0 Å². The second-order valence-corrected chi connectivity index (χ2v) is 2.72. The molecular weight excluding hydrogens is 157 g/mol. The Labute approximate surface area is 35.9 Å². The maximum absolute atomic E-state index is 9.28. The third-order valence-corrected chi connectivity index (χ3v) is 0.632. The summed E-state index contributed by atoms with van der Waals surface area (Å²) in [6.07, 6.45) is 0. The Kier molecular flexibility index (Phi) is 1.63. The molecule has 6 heavy (non-hydrogen) atoms. The van der Waals surface area contributed by atoms with Gasteiger partial charge in [-0.2, -0.15) is 0 Å². The molecule has 0 rings (SSSR count). The van der Waals surface area contributed by atoms with Gasteiger partial charge in [0.05, 0.1) is 0 Å². The summed E-state index contributed by atoms with van der Waals surface area (Å²) < 4.78 is 29.1. The van der Waals surface area contributed by atoms with Crippen LogP contribution in [0.5, 0.6) is 0 Å². The normalized spacial score (nSPS) is 11.7. The van der Waals surface area contributed by atoms with Crippen molar-refractivity contribution < 1.29 is 15.8 Å². The molecule has 6 heteroatoms. The number of rotatable bonds is 1. The van der Waals surface area contributed by atoms with Crippen LogP contribution in [0.4, 0.5) is 0 Å². The summed E-state index contributed by atoms with van der Waals surface area (Å²) in [5.74, 6) is 4.00. The molecule has 5 nitrogen and oxygen atoms in total. The molecular formula is H3NO4Se. The van der Waals surface area contributed by atoms with Gasteiger partial charge >= 0.3 is 35.0 Å². The van der Waals surface area contributed by atoms with Crippen molar-refractivity contribution in [1.82, 2.24) is 0 Å². The monoisotopic (exact) mass is 161 g/mol. The van der Waals surface area contributed by atoms with E-state index >= 15 is 0 Å². The molecule has 0 aliphatic carbocycles. The SMILES string of the molecule is NO[Se](=O)(=O)O. The van der Waals surface area contributed by atoms with Crippen molar-refractivity contribution in [2.45, 2.75) is 0 Å². The van der Waals surface area contributed by atoms with Crippen molar-refractivity contribution in [1.29, 1.82) is 0 Å². The molecule has 0 bridgehead atoms. The minimum absolute atomic E-state index is 3.04. The molecule has 0 aromatic carbocycles. The first-order valence-corrected chi connectivity index (χ1v) is 3.78. The van der Waals surface area contributed by atoms with Crippen LogP contribution in [-0.2, 0) is 11.6 Å². The van der Waals surface area contributed by atoms with Crippen LogP contribution < -0.4 is 5.90 Å². The van der Waals surface area contributed by atoms with E-state index < -0.39 is 13.4 Å². The summed E-state index contributed by atoms with van der Waals surface area (Å²) in [7, 11) is 0. The van der Waals surface area contributed by atoms with Gasteiger partial charge in [-0.25, -0.2) is 0 Å². The third-order valence-electron chi connectivity index (χ3n) is 0.122. The average Bonchev–Trinajstić information content (AvgIpc) is 1.35. The molecule has 0 atom stereocenters. The number of hydrogen-bond donors (Lipinski definition) is 2. The fourth-order valence-electron chi connectivity index (χ4n) is 0. The van der Waals surface area contributed by atoms with Gasteiger partial charge in [0.25, 0.3) is 0 Å². The summed E-state index contributed by atoms with van der Waals surface area (Å²) in [6, 6.07) is 0. The van der Waals surface area contributed by atoms with Crippen LogP contribution in [0.25, 0.3) is 0 Å². The number of hydrogen-bond acceptors (Lipinski definition) is 4. The first kappa shape index (κ1) is 6.00. The van der Waals surface area contributed by atoms with Crippen molar-refractivity contribution in [3.05, 3.63) is 0 Å². The maximum atomic E-state index is 9.28. The fraction of sp³-hybridized carbons (Fsp3) is 0. The molecule has 0 unspecified atom stereocenters. The topological polar surface area (TPSA) is 89.6 Å². The van der Waals surface area contributed by atoms with E-state index in [4.69, 9.17) is 4.19 Å². The predicted molar refractivity (Wildman–Crippen MR) is 14.6 cm³/mol. The molecule has 38 valence electrons. The average molecular weight is 160 g/mol. The molecule has 0 heterocycles. The van der Waals surface area contributed by atoms with Crippen molar-refractivity contribution >= 4 is 13.4 Å². The van der Waals surface area contributed by atoms with E-state index in [0.29, 0.717) is 0 Å². The van der Waals surface area contributed by atoms with Crippen LogP contribution in [0.2, 0.25) is 0 Å². The van der Waals surface area contributed by atoms with E-state index in [-0.39, 0.29) is 0 Å². The van der Waals surface area contributed by atoms with Crippen LogP contribution in [-0.4, -0.2) is 17.6 Å². The van der Waals surface area contributed by atoms with Gasteiger partial charge in [0.2, 0.25) is 0 Å². The first-order valence-electron chi connectivity index (χ1n) is 0.918. The number of nitrogens with two attached hydrogens (primary N) is 1. The van der Waals surface area contributed by atoms with Gasteiger partial charge in [-0.1, -0.05) is 0 Å². The summed E-state index contributed by atoms with van der Waals surface area (Å²) in [5, 5.41) is 0. The van der Waals surface area contributed by atoms with Crippen LogP contribution in [0.15, 0.2) is 0 Å². The zero-order valence-corrected chi connectivity index (χ0v) is 4.37.